The van der Waals surface area contributed by atoms with Crippen LogP contribution in [0.1, 0.15) is 12.5 Å². The average Bonchev–Trinajstić information content (AvgIpc) is 2.17. The molecule has 1 aromatic carbocycles. The Hall–Kier alpha value is -1.41. The maximum atomic E-state index is 9.25. The number of hydrogen-bond acceptors (Lipinski definition) is 2. The Morgan fingerprint density at radius 3 is 2.93 bits per heavy atom. The first-order valence-electron chi connectivity index (χ1n) is 4.77. The summed E-state index contributed by atoms with van der Waals surface area (Å²) >= 11 is 0. The first kappa shape index (κ1) is 9.16. The van der Waals surface area contributed by atoms with E-state index in [0.717, 1.165) is 16.5 Å². The fraction of sp³-hybridized carbons (Fsp3) is 0.250. The lowest BCUT2D eigenvalue weighted by molar-refractivity contribution is 0.195. The largest absolute Gasteiger partial charge is 0.393 e. The minimum absolute atomic E-state index is 0.307. The molecule has 0 fully saturated rings. The van der Waals surface area contributed by atoms with E-state index in [1.54, 1.807) is 6.92 Å². The number of benzene rings is 1. The quantitative estimate of drug-likeness (QED) is 0.781. The van der Waals surface area contributed by atoms with Crippen molar-refractivity contribution in [3.63, 3.8) is 0 Å². The summed E-state index contributed by atoms with van der Waals surface area (Å²) in [6.45, 7) is 1.79. The van der Waals surface area contributed by atoms with Gasteiger partial charge in [0, 0.05) is 11.6 Å². The predicted octanol–water partition coefficient (Wildman–Crippen LogP) is 2.16. The van der Waals surface area contributed by atoms with Gasteiger partial charge in [-0.3, -0.25) is 4.98 Å². The second-order valence-corrected chi connectivity index (χ2v) is 3.59. The number of para-hydroxylation sites is 1. The molecule has 2 nitrogen and oxygen atoms in total. The van der Waals surface area contributed by atoms with Crippen LogP contribution >= 0.6 is 0 Å². The van der Waals surface area contributed by atoms with Crippen LogP contribution in [0, 0.1) is 0 Å². The fourth-order valence-electron chi connectivity index (χ4n) is 1.57. The topological polar surface area (TPSA) is 33.1 Å². The van der Waals surface area contributed by atoms with Gasteiger partial charge in [0.15, 0.2) is 0 Å². The van der Waals surface area contributed by atoms with Crippen LogP contribution in [0.15, 0.2) is 36.5 Å². The van der Waals surface area contributed by atoms with Gasteiger partial charge in [0.05, 0.1) is 11.6 Å². The lowest BCUT2D eigenvalue weighted by atomic mass is 10.1. The number of pyridine rings is 1. The van der Waals surface area contributed by atoms with E-state index < -0.39 is 0 Å². The number of rotatable bonds is 2. The lowest BCUT2D eigenvalue weighted by Crippen LogP contribution is -2.04. The van der Waals surface area contributed by atoms with E-state index in [1.807, 2.05) is 30.5 Å². The average molecular weight is 187 g/mol. The van der Waals surface area contributed by atoms with Crippen molar-refractivity contribution in [2.24, 2.45) is 0 Å². The number of nitrogens with zero attached hydrogens (tertiary/aromatic N) is 1. The van der Waals surface area contributed by atoms with Crippen LogP contribution in [-0.2, 0) is 6.42 Å². The smallest absolute Gasteiger partial charge is 0.0702 e. The van der Waals surface area contributed by atoms with Crippen LogP contribution in [0.3, 0.4) is 0 Å². The van der Waals surface area contributed by atoms with Crippen LogP contribution in [0.5, 0.6) is 0 Å². The van der Waals surface area contributed by atoms with E-state index in [1.165, 1.54) is 0 Å². The third kappa shape index (κ3) is 1.91. The zero-order valence-corrected chi connectivity index (χ0v) is 8.14. The molecule has 2 heteroatoms. The number of aromatic nitrogens is 1. The van der Waals surface area contributed by atoms with E-state index in [0.29, 0.717) is 6.42 Å². The summed E-state index contributed by atoms with van der Waals surface area (Å²) in [5.74, 6) is 0. The van der Waals surface area contributed by atoms with Crippen molar-refractivity contribution in [1.82, 2.24) is 4.98 Å². The van der Waals surface area contributed by atoms with Gasteiger partial charge in [-0.2, -0.15) is 0 Å². The molecular formula is C12H13NO. The highest BCUT2D eigenvalue weighted by molar-refractivity contribution is 5.78. The van der Waals surface area contributed by atoms with Gasteiger partial charge in [-0.25, -0.2) is 0 Å². The Kier molecular flexibility index (Phi) is 2.46. The van der Waals surface area contributed by atoms with Crippen LogP contribution in [0.25, 0.3) is 10.9 Å². The number of aliphatic hydroxyl groups is 1. The predicted molar refractivity (Wildman–Crippen MR) is 57.1 cm³/mol. The number of hydrogen-bond donors (Lipinski definition) is 1. The minimum atomic E-state index is -0.307. The second kappa shape index (κ2) is 3.76. The molecule has 0 aliphatic heterocycles. The number of fused-ring (bicyclic) bond motifs is 1. The molecule has 1 heterocycles. The standard InChI is InChI=1S/C12H13NO/c1-9(14)6-10-7-11-4-2-3-5-12(11)13-8-10/h2-5,7-9,14H,6H2,1H3. The van der Waals surface area contributed by atoms with Crippen molar-refractivity contribution >= 4 is 10.9 Å². The summed E-state index contributed by atoms with van der Waals surface area (Å²) in [5.41, 5.74) is 2.08. The molecule has 2 aromatic rings. The molecule has 0 amide bonds. The van der Waals surface area contributed by atoms with Crippen LogP contribution in [0.4, 0.5) is 0 Å². The second-order valence-electron chi connectivity index (χ2n) is 3.59. The molecular weight excluding hydrogens is 174 g/mol. The summed E-state index contributed by atoms with van der Waals surface area (Å²) in [5, 5.41) is 10.4. The summed E-state index contributed by atoms with van der Waals surface area (Å²) in [6, 6.07) is 10.1. The lowest BCUT2D eigenvalue weighted by Gasteiger charge is -2.04. The van der Waals surface area contributed by atoms with Gasteiger partial charge in [-0.05, 0) is 31.0 Å². The van der Waals surface area contributed by atoms with Crippen LogP contribution < -0.4 is 0 Å². The summed E-state index contributed by atoms with van der Waals surface area (Å²) in [4.78, 5) is 4.32. The maximum Gasteiger partial charge on any atom is 0.0702 e. The summed E-state index contributed by atoms with van der Waals surface area (Å²) in [6.07, 6.45) is 2.19. The van der Waals surface area contributed by atoms with Gasteiger partial charge in [-0.15, -0.1) is 0 Å². The molecule has 72 valence electrons. The molecule has 0 bridgehead atoms. The van der Waals surface area contributed by atoms with Crippen LogP contribution in [0.2, 0.25) is 0 Å². The van der Waals surface area contributed by atoms with Crippen molar-refractivity contribution in [1.29, 1.82) is 0 Å². The van der Waals surface area contributed by atoms with Crippen molar-refractivity contribution in [2.75, 3.05) is 0 Å². The van der Waals surface area contributed by atoms with E-state index in [4.69, 9.17) is 0 Å². The zero-order valence-electron chi connectivity index (χ0n) is 8.14. The highest BCUT2D eigenvalue weighted by Crippen LogP contribution is 2.13. The Balaban J connectivity index is 2.41. The SMILES string of the molecule is CC(O)Cc1cnc2ccccc2c1. The van der Waals surface area contributed by atoms with Gasteiger partial charge in [0.25, 0.3) is 0 Å². The normalized spacial score (nSPS) is 13.0. The molecule has 0 radical (unpaired) electrons. The maximum absolute atomic E-state index is 9.25. The zero-order chi connectivity index (χ0) is 9.97. The molecule has 0 aliphatic rings. The van der Waals surface area contributed by atoms with Crippen molar-refractivity contribution in [3.05, 3.63) is 42.1 Å². The molecule has 0 spiro atoms. The van der Waals surface area contributed by atoms with Crippen molar-refractivity contribution in [2.45, 2.75) is 19.4 Å². The van der Waals surface area contributed by atoms with Gasteiger partial charge in [0.2, 0.25) is 0 Å². The van der Waals surface area contributed by atoms with Gasteiger partial charge >= 0.3 is 0 Å². The molecule has 1 unspecified atom stereocenters. The van der Waals surface area contributed by atoms with Crippen LogP contribution in [-0.4, -0.2) is 16.2 Å². The van der Waals surface area contributed by atoms with Crippen molar-refractivity contribution < 1.29 is 5.11 Å². The minimum Gasteiger partial charge on any atom is -0.393 e. The molecule has 1 N–H and O–H groups in total. The summed E-state index contributed by atoms with van der Waals surface area (Å²) in [7, 11) is 0. The fourth-order valence-corrected chi connectivity index (χ4v) is 1.57. The van der Waals surface area contributed by atoms with E-state index in [-0.39, 0.29) is 6.10 Å². The highest BCUT2D eigenvalue weighted by Gasteiger charge is 2.00. The third-order valence-corrected chi connectivity index (χ3v) is 2.18. The molecule has 0 saturated heterocycles. The first-order chi connectivity index (χ1) is 6.75. The van der Waals surface area contributed by atoms with Gasteiger partial charge < -0.3 is 5.11 Å². The molecule has 0 aliphatic carbocycles. The molecule has 1 atom stereocenters. The number of aliphatic hydroxyl groups excluding tert-OH is 1. The molecule has 1 aromatic heterocycles. The Bertz CT molecular complexity index is 437. The summed E-state index contributed by atoms with van der Waals surface area (Å²) < 4.78 is 0. The van der Waals surface area contributed by atoms with E-state index >= 15 is 0 Å². The third-order valence-electron chi connectivity index (χ3n) is 2.18. The van der Waals surface area contributed by atoms with Crippen molar-refractivity contribution in [3.8, 4) is 0 Å². The van der Waals surface area contributed by atoms with Gasteiger partial charge in [0.1, 0.15) is 0 Å². The monoisotopic (exact) mass is 187 g/mol. The van der Waals surface area contributed by atoms with E-state index in [2.05, 4.69) is 11.1 Å². The first-order valence-corrected chi connectivity index (χ1v) is 4.77. The Labute approximate surface area is 83.2 Å². The molecule has 2 rings (SSSR count). The molecule has 0 saturated carbocycles. The Morgan fingerprint density at radius 1 is 1.36 bits per heavy atom. The highest BCUT2D eigenvalue weighted by atomic mass is 16.3. The van der Waals surface area contributed by atoms with E-state index in [9.17, 15) is 5.11 Å². The Morgan fingerprint density at radius 2 is 2.14 bits per heavy atom. The molecule has 14 heavy (non-hydrogen) atoms. The van der Waals surface area contributed by atoms with Gasteiger partial charge in [-0.1, -0.05) is 18.2 Å².